The number of likely N-dealkylation sites (N-methyl/N-ethyl adjacent to an activating group) is 1. The topological polar surface area (TPSA) is 91.4 Å². The summed E-state index contributed by atoms with van der Waals surface area (Å²) < 4.78 is 10.8. The van der Waals surface area contributed by atoms with Crippen LogP contribution in [0.2, 0.25) is 0 Å². The van der Waals surface area contributed by atoms with Crippen LogP contribution in [0.3, 0.4) is 0 Å². The maximum Gasteiger partial charge on any atom is 0.153 e. The third-order valence-electron chi connectivity index (χ3n) is 6.95. The summed E-state index contributed by atoms with van der Waals surface area (Å²) in [5, 5.41) is 12.0. The summed E-state index contributed by atoms with van der Waals surface area (Å²) in [6.07, 6.45) is 1.64. The first-order valence-electron chi connectivity index (χ1n) is 12.8. The predicted octanol–water partition coefficient (Wildman–Crippen LogP) is 4.35. The molecule has 0 unspecified atom stereocenters. The number of fused-ring (bicyclic) bond motifs is 1. The predicted molar refractivity (Wildman–Crippen MR) is 147 cm³/mol. The van der Waals surface area contributed by atoms with Gasteiger partial charge in [0.05, 0.1) is 19.7 Å². The molecular weight excluding hydrogens is 466 g/mol. The van der Waals surface area contributed by atoms with Crippen molar-refractivity contribution in [1.29, 1.82) is 0 Å². The Bertz CT molecular complexity index is 1340. The monoisotopic (exact) mass is 501 g/mol. The number of ether oxygens (including phenoxy) is 2. The van der Waals surface area contributed by atoms with E-state index in [0.717, 1.165) is 96.7 Å². The zero-order valence-electron chi connectivity index (χ0n) is 22.0. The lowest BCUT2D eigenvalue weighted by molar-refractivity contribution is 0.271. The van der Waals surface area contributed by atoms with E-state index in [1.807, 2.05) is 31.2 Å². The average molecular weight is 502 g/mol. The molecule has 5 rings (SSSR count). The number of nitrogens with zero attached hydrogens (tertiary/aromatic N) is 5. The first kappa shape index (κ1) is 24.8. The van der Waals surface area contributed by atoms with Crippen LogP contribution < -0.4 is 19.7 Å². The molecule has 0 bridgehead atoms. The van der Waals surface area contributed by atoms with Gasteiger partial charge in [-0.1, -0.05) is 6.92 Å². The van der Waals surface area contributed by atoms with Gasteiger partial charge in [0.2, 0.25) is 0 Å². The molecule has 1 saturated heterocycles. The first-order valence-corrected chi connectivity index (χ1v) is 12.8. The summed E-state index contributed by atoms with van der Waals surface area (Å²) in [6, 6.07) is 14.4. The van der Waals surface area contributed by atoms with Crippen molar-refractivity contribution in [3.63, 3.8) is 0 Å². The van der Waals surface area contributed by atoms with Crippen LogP contribution in [-0.4, -0.2) is 72.0 Å². The smallest absolute Gasteiger partial charge is 0.153 e. The lowest BCUT2D eigenvalue weighted by Crippen LogP contribution is -2.46. The molecular formula is C28H35N7O2. The van der Waals surface area contributed by atoms with Crippen LogP contribution >= 0.6 is 0 Å². The highest BCUT2D eigenvalue weighted by molar-refractivity contribution is 5.92. The molecule has 194 valence electrons. The summed E-state index contributed by atoms with van der Waals surface area (Å²) in [5.41, 5.74) is 4.33. The van der Waals surface area contributed by atoms with Gasteiger partial charge >= 0.3 is 0 Å². The standard InChI is InChI=1S/C28H35N7O2/c1-5-34-10-12-35(13-11-34)22-8-9-25-26(17-22)29-19(2)30-28(25)31-27-16-21(32-33-27)7-6-20-14-23(36-3)18-24(15-20)37-4/h8-9,14-18H,5-7,10-13H2,1-4H3,(H2,29,30,31,32,33). The van der Waals surface area contributed by atoms with Crippen LogP contribution in [0.1, 0.15) is 24.0 Å². The number of aromatic nitrogens is 4. The molecule has 0 aliphatic carbocycles. The summed E-state index contributed by atoms with van der Waals surface area (Å²) in [5.74, 6) is 3.81. The minimum absolute atomic E-state index is 0.727. The maximum absolute atomic E-state index is 5.39. The van der Waals surface area contributed by atoms with Crippen molar-refractivity contribution in [2.24, 2.45) is 0 Å². The molecule has 1 aliphatic rings. The Morgan fingerprint density at radius 3 is 2.38 bits per heavy atom. The number of nitrogens with one attached hydrogen (secondary N) is 2. The van der Waals surface area contributed by atoms with Gasteiger partial charge in [0.1, 0.15) is 23.1 Å². The number of benzene rings is 2. The average Bonchev–Trinajstić information content (AvgIpc) is 3.38. The van der Waals surface area contributed by atoms with Gasteiger partial charge < -0.3 is 24.6 Å². The number of rotatable bonds is 9. The van der Waals surface area contributed by atoms with Gasteiger partial charge in [-0.3, -0.25) is 5.10 Å². The molecule has 0 amide bonds. The lowest BCUT2D eigenvalue weighted by atomic mass is 10.1. The lowest BCUT2D eigenvalue weighted by Gasteiger charge is -2.35. The van der Waals surface area contributed by atoms with Gasteiger partial charge in [-0.15, -0.1) is 0 Å². The van der Waals surface area contributed by atoms with Crippen LogP contribution in [0.4, 0.5) is 17.3 Å². The van der Waals surface area contributed by atoms with Gasteiger partial charge in [0.25, 0.3) is 0 Å². The Kier molecular flexibility index (Phi) is 7.41. The Balaban J connectivity index is 1.29. The number of piperazine rings is 1. The van der Waals surface area contributed by atoms with Crippen LogP contribution in [0, 0.1) is 6.92 Å². The summed E-state index contributed by atoms with van der Waals surface area (Å²) in [6.45, 7) is 9.52. The molecule has 2 aromatic carbocycles. The minimum Gasteiger partial charge on any atom is -0.497 e. The van der Waals surface area contributed by atoms with Gasteiger partial charge in [0.15, 0.2) is 5.82 Å². The van der Waals surface area contributed by atoms with E-state index in [-0.39, 0.29) is 0 Å². The third kappa shape index (κ3) is 5.77. The molecule has 9 nitrogen and oxygen atoms in total. The van der Waals surface area contributed by atoms with Crippen molar-refractivity contribution in [1.82, 2.24) is 25.1 Å². The van der Waals surface area contributed by atoms with E-state index < -0.39 is 0 Å². The highest BCUT2D eigenvalue weighted by atomic mass is 16.5. The van der Waals surface area contributed by atoms with Gasteiger partial charge in [-0.2, -0.15) is 5.10 Å². The summed E-state index contributed by atoms with van der Waals surface area (Å²) in [4.78, 5) is 14.3. The van der Waals surface area contributed by atoms with Crippen LogP contribution in [-0.2, 0) is 12.8 Å². The highest BCUT2D eigenvalue weighted by Gasteiger charge is 2.17. The van der Waals surface area contributed by atoms with E-state index in [0.29, 0.717) is 0 Å². The second-order valence-electron chi connectivity index (χ2n) is 9.37. The Morgan fingerprint density at radius 2 is 1.68 bits per heavy atom. The Hall–Kier alpha value is -3.85. The molecule has 0 spiro atoms. The van der Waals surface area contributed by atoms with Crippen molar-refractivity contribution in [3.8, 4) is 11.5 Å². The van der Waals surface area contributed by atoms with Crippen molar-refractivity contribution < 1.29 is 9.47 Å². The molecule has 1 aliphatic heterocycles. The normalized spacial score (nSPS) is 14.2. The number of H-pyrrole nitrogens is 1. The molecule has 1 fully saturated rings. The number of aromatic amines is 1. The number of methoxy groups -OCH3 is 2. The SMILES string of the molecule is CCN1CCN(c2ccc3c(Nc4cc(CCc5cc(OC)cc(OC)c5)[nH]n4)nc(C)nc3c2)CC1. The molecule has 37 heavy (non-hydrogen) atoms. The van der Waals surface area contributed by atoms with E-state index in [2.05, 4.69) is 55.4 Å². The highest BCUT2D eigenvalue weighted by Crippen LogP contribution is 2.28. The van der Waals surface area contributed by atoms with Crippen molar-refractivity contribution in [2.45, 2.75) is 26.7 Å². The maximum atomic E-state index is 5.39. The molecule has 0 saturated carbocycles. The van der Waals surface area contributed by atoms with Gasteiger partial charge in [0, 0.05) is 55.1 Å². The van der Waals surface area contributed by atoms with E-state index in [1.165, 1.54) is 5.69 Å². The van der Waals surface area contributed by atoms with E-state index in [4.69, 9.17) is 14.5 Å². The Labute approximate surface area is 217 Å². The second-order valence-corrected chi connectivity index (χ2v) is 9.37. The summed E-state index contributed by atoms with van der Waals surface area (Å²) in [7, 11) is 3.33. The number of anilines is 3. The number of hydrogen-bond donors (Lipinski definition) is 2. The molecule has 4 aromatic rings. The van der Waals surface area contributed by atoms with Gasteiger partial charge in [-0.05, 0) is 62.2 Å². The van der Waals surface area contributed by atoms with Crippen molar-refractivity contribution in [2.75, 3.05) is 57.2 Å². The van der Waals surface area contributed by atoms with E-state index in [9.17, 15) is 0 Å². The molecule has 2 N–H and O–H groups in total. The molecule has 3 heterocycles. The van der Waals surface area contributed by atoms with Gasteiger partial charge in [-0.25, -0.2) is 9.97 Å². The zero-order chi connectivity index (χ0) is 25.8. The molecule has 9 heteroatoms. The van der Waals surface area contributed by atoms with E-state index in [1.54, 1.807) is 14.2 Å². The molecule has 0 radical (unpaired) electrons. The van der Waals surface area contributed by atoms with E-state index >= 15 is 0 Å². The zero-order valence-corrected chi connectivity index (χ0v) is 22.0. The first-order chi connectivity index (χ1) is 18.0. The minimum atomic E-state index is 0.727. The molecule has 0 atom stereocenters. The number of hydrogen-bond acceptors (Lipinski definition) is 8. The fraction of sp³-hybridized carbons (Fsp3) is 0.393. The fourth-order valence-corrected chi connectivity index (χ4v) is 4.81. The van der Waals surface area contributed by atoms with Crippen molar-refractivity contribution in [3.05, 3.63) is 59.5 Å². The number of aryl methyl sites for hydroxylation is 3. The van der Waals surface area contributed by atoms with Crippen LogP contribution in [0.15, 0.2) is 42.5 Å². The fourth-order valence-electron chi connectivity index (χ4n) is 4.81. The largest absolute Gasteiger partial charge is 0.497 e. The van der Waals surface area contributed by atoms with Crippen LogP contribution in [0.25, 0.3) is 10.9 Å². The quantitative estimate of drug-likeness (QED) is 0.350. The molecule has 2 aromatic heterocycles. The summed E-state index contributed by atoms with van der Waals surface area (Å²) >= 11 is 0. The van der Waals surface area contributed by atoms with Crippen molar-refractivity contribution >= 4 is 28.2 Å². The Morgan fingerprint density at radius 1 is 0.919 bits per heavy atom. The third-order valence-corrected chi connectivity index (χ3v) is 6.95. The van der Waals surface area contributed by atoms with Crippen LogP contribution in [0.5, 0.6) is 11.5 Å². The second kappa shape index (κ2) is 11.0.